The molecule has 1 rings (SSSR count). The van der Waals surface area contributed by atoms with Crippen molar-refractivity contribution in [3.05, 3.63) is 35.4 Å². The highest BCUT2D eigenvalue weighted by Crippen LogP contribution is 2.12. The van der Waals surface area contributed by atoms with Gasteiger partial charge < -0.3 is 4.74 Å². The van der Waals surface area contributed by atoms with Crippen molar-refractivity contribution in [2.24, 2.45) is 0 Å². The second kappa shape index (κ2) is 5.51. The van der Waals surface area contributed by atoms with Crippen LogP contribution in [0.2, 0.25) is 0 Å². The van der Waals surface area contributed by atoms with E-state index in [1.54, 1.807) is 31.2 Å². The Kier molecular flexibility index (Phi) is 4.31. The molecular weight excluding hydrogens is 216 g/mol. The van der Waals surface area contributed by atoms with Gasteiger partial charge in [0.15, 0.2) is 0 Å². The molecule has 3 nitrogen and oxygen atoms in total. The molecule has 0 bridgehead atoms. The molecular formula is C11H11ClO3. The highest BCUT2D eigenvalue weighted by Gasteiger charge is 2.12. The van der Waals surface area contributed by atoms with Crippen molar-refractivity contribution in [2.45, 2.75) is 13.3 Å². The van der Waals surface area contributed by atoms with Gasteiger partial charge in [0.2, 0.25) is 5.24 Å². The van der Waals surface area contributed by atoms with Crippen LogP contribution in [0.5, 0.6) is 0 Å². The first-order chi connectivity index (χ1) is 7.15. The summed E-state index contributed by atoms with van der Waals surface area (Å²) < 4.78 is 4.86. The van der Waals surface area contributed by atoms with Gasteiger partial charge in [0, 0.05) is 6.42 Å². The van der Waals surface area contributed by atoms with Gasteiger partial charge in [0.05, 0.1) is 12.2 Å². The fourth-order valence-corrected chi connectivity index (χ4v) is 1.38. The Balaban J connectivity index is 2.95. The molecule has 4 heteroatoms. The molecule has 0 saturated heterocycles. The summed E-state index contributed by atoms with van der Waals surface area (Å²) in [5.74, 6) is -0.425. The molecule has 0 spiro atoms. The molecule has 1 aromatic carbocycles. The summed E-state index contributed by atoms with van der Waals surface area (Å²) >= 11 is 5.28. The topological polar surface area (TPSA) is 43.4 Å². The van der Waals surface area contributed by atoms with Crippen LogP contribution in [0.3, 0.4) is 0 Å². The molecule has 0 aliphatic heterocycles. The first kappa shape index (κ1) is 11.7. The van der Waals surface area contributed by atoms with Crippen LogP contribution in [0.1, 0.15) is 22.8 Å². The van der Waals surface area contributed by atoms with E-state index < -0.39 is 11.2 Å². The Labute approximate surface area is 93.0 Å². The third-order valence-corrected chi connectivity index (χ3v) is 1.98. The predicted molar refractivity (Wildman–Crippen MR) is 57.0 cm³/mol. The molecule has 0 heterocycles. The van der Waals surface area contributed by atoms with Crippen molar-refractivity contribution in [1.82, 2.24) is 0 Å². The van der Waals surface area contributed by atoms with Gasteiger partial charge in [-0.3, -0.25) is 4.79 Å². The molecule has 80 valence electrons. The monoisotopic (exact) mass is 226 g/mol. The van der Waals surface area contributed by atoms with E-state index in [9.17, 15) is 9.59 Å². The normalized spacial score (nSPS) is 9.73. The van der Waals surface area contributed by atoms with E-state index in [1.807, 2.05) is 0 Å². The minimum atomic E-state index is -0.494. The fourth-order valence-electron chi connectivity index (χ4n) is 1.23. The zero-order valence-electron chi connectivity index (χ0n) is 8.33. The molecule has 0 unspecified atom stereocenters. The van der Waals surface area contributed by atoms with E-state index in [4.69, 9.17) is 16.3 Å². The Bertz CT molecular complexity index is 374. The minimum absolute atomic E-state index is 0.0382. The van der Waals surface area contributed by atoms with E-state index in [1.165, 1.54) is 0 Å². The van der Waals surface area contributed by atoms with Crippen molar-refractivity contribution < 1.29 is 14.3 Å². The minimum Gasteiger partial charge on any atom is -0.462 e. The summed E-state index contributed by atoms with van der Waals surface area (Å²) in [6.07, 6.45) is 0.0382. The average molecular weight is 227 g/mol. The quantitative estimate of drug-likeness (QED) is 0.584. The standard InChI is InChI=1S/C11H11ClO3/c1-2-15-11(14)9-6-4-3-5-8(9)7-10(12)13/h3-6H,2,7H2,1H3. The lowest BCUT2D eigenvalue weighted by Crippen LogP contribution is -2.09. The highest BCUT2D eigenvalue weighted by atomic mass is 35.5. The van der Waals surface area contributed by atoms with E-state index in [0.29, 0.717) is 17.7 Å². The summed E-state index contributed by atoms with van der Waals surface area (Å²) in [7, 11) is 0. The van der Waals surface area contributed by atoms with Crippen molar-refractivity contribution in [1.29, 1.82) is 0 Å². The lowest BCUT2D eigenvalue weighted by Gasteiger charge is -2.06. The molecule has 0 aromatic heterocycles. The summed E-state index contributed by atoms with van der Waals surface area (Å²) in [5.41, 5.74) is 0.990. The number of esters is 1. The van der Waals surface area contributed by atoms with Gasteiger partial charge in [-0.15, -0.1) is 0 Å². The molecule has 0 atom stereocenters. The Morgan fingerprint density at radius 2 is 2.00 bits per heavy atom. The van der Waals surface area contributed by atoms with Gasteiger partial charge in [-0.1, -0.05) is 18.2 Å². The van der Waals surface area contributed by atoms with Gasteiger partial charge >= 0.3 is 5.97 Å². The number of hydrogen-bond donors (Lipinski definition) is 0. The first-order valence-electron chi connectivity index (χ1n) is 4.58. The first-order valence-corrected chi connectivity index (χ1v) is 4.96. The number of halogens is 1. The van der Waals surface area contributed by atoms with Crippen LogP contribution < -0.4 is 0 Å². The van der Waals surface area contributed by atoms with Crippen LogP contribution in [0.15, 0.2) is 24.3 Å². The van der Waals surface area contributed by atoms with Gasteiger partial charge in [-0.2, -0.15) is 0 Å². The molecule has 0 aliphatic carbocycles. The van der Waals surface area contributed by atoms with Crippen molar-refractivity contribution in [3.8, 4) is 0 Å². The number of carbonyl (C=O) groups excluding carboxylic acids is 2. The van der Waals surface area contributed by atoms with Crippen LogP contribution in [-0.4, -0.2) is 17.8 Å². The number of benzene rings is 1. The van der Waals surface area contributed by atoms with E-state index >= 15 is 0 Å². The van der Waals surface area contributed by atoms with Crippen LogP contribution in [0.4, 0.5) is 0 Å². The molecule has 0 fully saturated rings. The summed E-state index contributed by atoms with van der Waals surface area (Å²) in [4.78, 5) is 22.2. The zero-order chi connectivity index (χ0) is 11.3. The third kappa shape index (κ3) is 3.36. The largest absolute Gasteiger partial charge is 0.462 e. The average Bonchev–Trinajstić information content (AvgIpc) is 2.18. The Morgan fingerprint density at radius 3 is 2.60 bits per heavy atom. The van der Waals surface area contributed by atoms with E-state index in [2.05, 4.69) is 0 Å². The lowest BCUT2D eigenvalue weighted by molar-refractivity contribution is -0.111. The van der Waals surface area contributed by atoms with Gasteiger partial charge in [0.1, 0.15) is 0 Å². The van der Waals surface area contributed by atoms with Crippen LogP contribution in [0.25, 0.3) is 0 Å². The smallest absolute Gasteiger partial charge is 0.338 e. The summed E-state index contributed by atoms with van der Waals surface area (Å²) in [5, 5.41) is -0.494. The Hall–Kier alpha value is -1.35. The highest BCUT2D eigenvalue weighted by molar-refractivity contribution is 6.63. The van der Waals surface area contributed by atoms with Crippen molar-refractivity contribution >= 4 is 22.8 Å². The fraction of sp³-hybridized carbons (Fsp3) is 0.273. The number of ether oxygens (including phenoxy) is 1. The van der Waals surface area contributed by atoms with Crippen molar-refractivity contribution in [2.75, 3.05) is 6.61 Å². The molecule has 0 amide bonds. The van der Waals surface area contributed by atoms with Crippen molar-refractivity contribution in [3.63, 3.8) is 0 Å². The molecule has 15 heavy (non-hydrogen) atoms. The molecule has 1 aromatic rings. The van der Waals surface area contributed by atoms with Crippen LogP contribution in [0, 0.1) is 0 Å². The number of hydrogen-bond acceptors (Lipinski definition) is 3. The van der Waals surface area contributed by atoms with Crippen LogP contribution in [-0.2, 0) is 16.0 Å². The molecule has 0 aliphatic rings. The summed E-state index contributed by atoms with van der Waals surface area (Å²) in [6, 6.07) is 6.77. The molecule has 0 saturated carbocycles. The van der Waals surface area contributed by atoms with E-state index in [0.717, 1.165) is 0 Å². The van der Waals surface area contributed by atoms with E-state index in [-0.39, 0.29) is 6.42 Å². The second-order valence-electron chi connectivity index (χ2n) is 2.91. The maximum absolute atomic E-state index is 11.5. The van der Waals surface area contributed by atoms with Gasteiger partial charge in [0.25, 0.3) is 0 Å². The van der Waals surface area contributed by atoms with Gasteiger partial charge in [-0.25, -0.2) is 4.79 Å². The Morgan fingerprint density at radius 1 is 1.33 bits per heavy atom. The van der Waals surface area contributed by atoms with Gasteiger partial charge in [-0.05, 0) is 30.2 Å². The zero-order valence-corrected chi connectivity index (χ0v) is 9.08. The number of rotatable bonds is 4. The number of carbonyl (C=O) groups is 2. The maximum Gasteiger partial charge on any atom is 0.338 e. The second-order valence-corrected chi connectivity index (χ2v) is 3.33. The lowest BCUT2D eigenvalue weighted by atomic mass is 10.1. The SMILES string of the molecule is CCOC(=O)c1ccccc1CC(=O)Cl. The maximum atomic E-state index is 11.5. The molecule has 0 N–H and O–H groups in total. The summed E-state index contributed by atoms with van der Waals surface area (Å²) in [6.45, 7) is 2.04. The third-order valence-electron chi connectivity index (χ3n) is 1.84. The molecule has 0 radical (unpaired) electrons. The predicted octanol–water partition coefficient (Wildman–Crippen LogP) is 2.17. The van der Waals surface area contributed by atoms with Crippen LogP contribution >= 0.6 is 11.6 Å².